The van der Waals surface area contributed by atoms with Crippen molar-refractivity contribution in [2.24, 2.45) is 0 Å². The Balaban J connectivity index is 1.19. The molecule has 0 saturated carbocycles. The van der Waals surface area contributed by atoms with Crippen LogP contribution in [0.3, 0.4) is 0 Å². The topological polar surface area (TPSA) is 57.7 Å². The Morgan fingerprint density at radius 3 is 2.27 bits per heavy atom. The third-order valence-corrected chi connectivity index (χ3v) is 6.94. The van der Waals surface area contributed by atoms with Gasteiger partial charge in [0, 0.05) is 44.6 Å². The molecule has 9 heteroatoms. The zero-order chi connectivity index (χ0) is 28.1. The first-order valence-corrected chi connectivity index (χ1v) is 13.0. The van der Waals surface area contributed by atoms with Crippen LogP contribution in [0.5, 0.6) is 5.75 Å². The van der Waals surface area contributed by atoms with E-state index in [1.165, 1.54) is 17.7 Å². The third kappa shape index (κ3) is 6.79. The molecule has 0 bridgehead atoms. The fourth-order valence-electron chi connectivity index (χ4n) is 4.80. The maximum absolute atomic E-state index is 13.0. The molecule has 0 spiro atoms. The summed E-state index contributed by atoms with van der Waals surface area (Å²) in [5.41, 5.74) is 4.63. The lowest BCUT2D eigenvalue weighted by Crippen LogP contribution is -2.46. The lowest BCUT2D eigenvalue weighted by Gasteiger charge is -2.35. The number of benzene rings is 3. The Hall–Kier alpha value is -4.37. The second kappa shape index (κ2) is 11.8. The van der Waals surface area contributed by atoms with Crippen LogP contribution in [0.1, 0.15) is 21.5 Å². The van der Waals surface area contributed by atoms with Crippen LogP contribution >= 0.6 is 0 Å². The maximum atomic E-state index is 13.0. The second-order valence-electron chi connectivity index (χ2n) is 9.66. The fraction of sp³-hybridized carbons (Fsp3) is 0.226. The molecule has 206 valence electrons. The summed E-state index contributed by atoms with van der Waals surface area (Å²) in [4.78, 5) is 22.2. The molecule has 0 radical (unpaired) electrons. The Kier molecular flexibility index (Phi) is 8.02. The molecule has 2 heterocycles. The number of hydrogen-bond donors (Lipinski definition) is 1. The van der Waals surface area contributed by atoms with Crippen molar-refractivity contribution in [1.29, 1.82) is 0 Å². The van der Waals surface area contributed by atoms with E-state index in [0.717, 1.165) is 49.7 Å². The smallest absolute Gasteiger partial charge is 0.406 e. The molecule has 1 aromatic heterocycles. The minimum Gasteiger partial charge on any atom is -0.406 e. The molecule has 3 aromatic carbocycles. The van der Waals surface area contributed by atoms with E-state index in [1.54, 1.807) is 36.5 Å². The minimum atomic E-state index is -4.74. The van der Waals surface area contributed by atoms with Crippen LogP contribution in [0.25, 0.3) is 11.1 Å². The summed E-state index contributed by atoms with van der Waals surface area (Å²) in [6.45, 7) is 6.38. The van der Waals surface area contributed by atoms with Gasteiger partial charge in [-0.15, -0.1) is 13.2 Å². The molecule has 1 amide bonds. The van der Waals surface area contributed by atoms with E-state index in [-0.39, 0.29) is 11.7 Å². The number of aromatic nitrogens is 1. The van der Waals surface area contributed by atoms with Crippen molar-refractivity contribution in [3.63, 3.8) is 0 Å². The van der Waals surface area contributed by atoms with Crippen molar-refractivity contribution in [3.8, 4) is 16.9 Å². The van der Waals surface area contributed by atoms with E-state index in [2.05, 4.69) is 49.1 Å². The number of nitrogens with zero attached hydrogens (tertiary/aromatic N) is 3. The van der Waals surface area contributed by atoms with E-state index in [1.807, 2.05) is 25.1 Å². The molecule has 0 aliphatic carbocycles. The van der Waals surface area contributed by atoms with Crippen LogP contribution in [0.2, 0.25) is 0 Å². The number of carbonyl (C=O) groups is 1. The van der Waals surface area contributed by atoms with Gasteiger partial charge in [-0.25, -0.2) is 4.98 Å². The molecule has 0 atom stereocenters. The fourth-order valence-corrected chi connectivity index (χ4v) is 4.80. The zero-order valence-electron chi connectivity index (χ0n) is 22.0. The van der Waals surface area contributed by atoms with Crippen molar-refractivity contribution >= 4 is 17.4 Å². The van der Waals surface area contributed by atoms with Gasteiger partial charge in [-0.2, -0.15) is 0 Å². The molecule has 1 aliphatic rings. The molecular formula is C31H29F3N4O2. The van der Waals surface area contributed by atoms with E-state index >= 15 is 0 Å². The lowest BCUT2D eigenvalue weighted by molar-refractivity contribution is -0.274. The molecule has 1 fully saturated rings. The van der Waals surface area contributed by atoms with E-state index in [9.17, 15) is 18.0 Å². The van der Waals surface area contributed by atoms with Gasteiger partial charge in [0.25, 0.3) is 5.91 Å². The molecule has 0 unspecified atom stereocenters. The average Bonchev–Trinajstić information content (AvgIpc) is 2.95. The number of halogens is 3. The summed E-state index contributed by atoms with van der Waals surface area (Å²) in [7, 11) is 0. The van der Waals surface area contributed by atoms with Crippen LogP contribution < -0.4 is 15.0 Å². The number of hydrogen-bond acceptors (Lipinski definition) is 5. The van der Waals surface area contributed by atoms with Gasteiger partial charge < -0.3 is 15.0 Å². The summed E-state index contributed by atoms with van der Waals surface area (Å²) < 4.78 is 41.4. The monoisotopic (exact) mass is 546 g/mol. The zero-order valence-corrected chi connectivity index (χ0v) is 22.0. The highest BCUT2D eigenvalue weighted by atomic mass is 19.4. The molecule has 1 saturated heterocycles. The highest BCUT2D eigenvalue weighted by molar-refractivity contribution is 6.05. The summed E-state index contributed by atoms with van der Waals surface area (Å²) in [6, 6.07) is 25.1. The first-order chi connectivity index (χ1) is 19.2. The highest BCUT2D eigenvalue weighted by Crippen LogP contribution is 2.31. The van der Waals surface area contributed by atoms with Gasteiger partial charge in [0.15, 0.2) is 0 Å². The number of piperazine rings is 1. The van der Waals surface area contributed by atoms with Crippen molar-refractivity contribution in [1.82, 2.24) is 9.88 Å². The van der Waals surface area contributed by atoms with E-state index in [0.29, 0.717) is 16.8 Å². The number of pyridine rings is 1. The number of carbonyl (C=O) groups excluding carboxylic acids is 1. The number of anilines is 2. The first-order valence-electron chi connectivity index (χ1n) is 13.0. The summed E-state index contributed by atoms with van der Waals surface area (Å²) in [5, 5.41) is 2.93. The SMILES string of the molecule is Cc1c(NC(=O)c2ccc(N3CCN(Cc4ccccc4)CC3)nc2)cccc1-c1ccc(OC(F)(F)F)cc1. The van der Waals surface area contributed by atoms with E-state index < -0.39 is 6.36 Å². The molecule has 1 aliphatic heterocycles. The van der Waals surface area contributed by atoms with Crippen molar-refractivity contribution in [2.75, 3.05) is 36.4 Å². The molecule has 40 heavy (non-hydrogen) atoms. The number of alkyl halides is 3. The third-order valence-electron chi connectivity index (χ3n) is 6.94. The Bertz CT molecular complexity index is 1430. The second-order valence-corrected chi connectivity index (χ2v) is 9.66. The average molecular weight is 547 g/mol. The molecule has 1 N–H and O–H groups in total. The normalized spacial score (nSPS) is 14.2. The van der Waals surface area contributed by atoms with Crippen LogP contribution in [-0.2, 0) is 6.54 Å². The van der Waals surface area contributed by atoms with E-state index in [4.69, 9.17) is 0 Å². The summed E-state index contributed by atoms with van der Waals surface area (Å²) >= 11 is 0. The number of nitrogens with one attached hydrogen (secondary N) is 1. The first kappa shape index (κ1) is 27.2. The van der Waals surface area contributed by atoms with Gasteiger partial charge in [0.2, 0.25) is 0 Å². The lowest BCUT2D eigenvalue weighted by atomic mass is 9.99. The largest absolute Gasteiger partial charge is 0.573 e. The van der Waals surface area contributed by atoms with Crippen LogP contribution in [0, 0.1) is 6.92 Å². The number of amides is 1. The predicted octanol–water partition coefficient (Wildman–Crippen LogP) is 6.53. The molecule has 6 nitrogen and oxygen atoms in total. The van der Waals surface area contributed by atoms with Gasteiger partial charge in [-0.3, -0.25) is 9.69 Å². The molecule has 5 rings (SSSR count). The van der Waals surface area contributed by atoms with Crippen LogP contribution in [-0.4, -0.2) is 48.3 Å². The van der Waals surface area contributed by atoms with Crippen molar-refractivity contribution < 1.29 is 22.7 Å². The maximum Gasteiger partial charge on any atom is 0.573 e. The van der Waals surface area contributed by atoms with Crippen molar-refractivity contribution in [3.05, 3.63) is 108 Å². The Morgan fingerprint density at radius 1 is 0.900 bits per heavy atom. The standard InChI is InChI=1S/C31H29F3N4O2/c1-22-27(24-10-13-26(14-11-24)40-31(32,33)34)8-5-9-28(22)36-30(39)25-12-15-29(35-20-25)38-18-16-37(17-19-38)21-23-6-3-2-4-7-23/h2-15,20H,16-19,21H2,1H3,(H,36,39). The molecular weight excluding hydrogens is 517 g/mol. The van der Waals surface area contributed by atoms with Gasteiger partial charge in [0.05, 0.1) is 5.56 Å². The summed E-state index contributed by atoms with van der Waals surface area (Å²) in [6.07, 6.45) is -3.16. The number of rotatable bonds is 7. The quantitative estimate of drug-likeness (QED) is 0.286. The Morgan fingerprint density at radius 2 is 1.62 bits per heavy atom. The predicted molar refractivity (Wildman–Crippen MR) is 149 cm³/mol. The van der Waals surface area contributed by atoms with Crippen molar-refractivity contribution in [2.45, 2.75) is 19.8 Å². The Labute approximate surface area is 231 Å². The minimum absolute atomic E-state index is 0.289. The van der Waals surface area contributed by atoms with Crippen LogP contribution in [0.4, 0.5) is 24.7 Å². The highest BCUT2D eigenvalue weighted by Gasteiger charge is 2.31. The molecule has 4 aromatic rings. The number of ether oxygens (including phenoxy) is 1. The summed E-state index contributed by atoms with van der Waals surface area (Å²) in [5.74, 6) is 0.260. The van der Waals surface area contributed by atoms with Gasteiger partial charge >= 0.3 is 6.36 Å². The van der Waals surface area contributed by atoms with Gasteiger partial charge in [0.1, 0.15) is 11.6 Å². The van der Waals surface area contributed by atoms with Gasteiger partial charge in [-0.05, 0) is 59.5 Å². The van der Waals surface area contributed by atoms with Gasteiger partial charge in [-0.1, -0.05) is 54.6 Å². The van der Waals surface area contributed by atoms with Crippen LogP contribution in [0.15, 0.2) is 91.1 Å².